The zero-order valence-corrected chi connectivity index (χ0v) is 15.1. The van der Waals surface area contributed by atoms with Crippen LogP contribution in [0.1, 0.15) is 41.3 Å². The Balaban J connectivity index is 1.69. The van der Waals surface area contributed by atoms with Gasteiger partial charge in [-0.25, -0.2) is 0 Å². The molecule has 1 saturated heterocycles. The highest BCUT2D eigenvalue weighted by Gasteiger charge is 2.21. The Hall–Kier alpha value is -1.96. The zero-order chi connectivity index (χ0) is 17.8. The number of aromatic nitrogens is 3. The molecule has 8 heteroatoms. The van der Waals surface area contributed by atoms with E-state index in [2.05, 4.69) is 27.6 Å². The van der Waals surface area contributed by atoms with Crippen LogP contribution in [0.4, 0.5) is 5.69 Å². The van der Waals surface area contributed by atoms with Crippen molar-refractivity contribution in [2.24, 2.45) is 7.05 Å². The smallest absolute Gasteiger partial charge is 0.277 e. The third kappa shape index (κ3) is 4.00. The van der Waals surface area contributed by atoms with Crippen LogP contribution in [0.2, 0.25) is 5.02 Å². The molecular formula is C17H22ClN5O2. The predicted octanol–water partition coefficient (Wildman–Crippen LogP) is 2.33. The molecule has 1 aliphatic rings. The molecule has 1 aliphatic heterocycles. The van der Waals surface area contributed by atoms with E-state index >= 15 is 0 Å². The van der Waals surface area contributed by atoms with Gasteiger partial charge in [-0.05, 0) is 18.6 Å². The van der Waals surface area contributed by atoms with E-state index < -0.39 is 0 Å². The van der Waals surface area contributed by atoms with Crippen molar-refractivity contribution in [2.75, 3.05) is 25.0 Å². The van der Waals surface area contributed by atoms with Crippen LogP contribution >= 0.6 is 11.6 Å². The van der Waals surface area contributed by atoms with Gasteiger partial charge in [0, 0.05) is 20.1 Å². The van der Waals surface area contributed by atoms with Crippen LogP contribution in [-0.4, -0.2) is 40.4 Å². The Morgan fingerprint density at radius 3 is 3.00 bits per heavy atom. The number of nitrogens with zero attached hydrogens (tertiary/aromatic N) is 3. The van der Waals surface area contributed by atoms with Gasteiger partial charge in [0.15, 0.2) is 5.69 Å². The van der Waals surface area contributed by atoms with E-state index in [1.807, 2.05) is 12.1 Å². The second-order valence-electron chi connectivity index (χ2n) is 5.97. The first-order valence-corrected chi connectivity index (χ1v) is 8.79. The molecule has 0 spiro atoms. The lowest BCUT2D eigenvalue weighted by atomic mass is 10.2. The number of anilines is 1. The average molecular weight is 364 g/mol. The highest BCUT2D eigenvalue weighted by Crippen LogP contribution is 2.23. The topological polar surface area (TPSA) is 81.1 Å². The molecule has 0 unspecified atom stereocenters. The number of hydrogen-bond acceptors (Lipinski definition) is 5. The van der Waals surface area contributed by atoms with Crippen molar-refractivity contribution >= 4 is 23.2 Å². The molecule has 25 heavy (non-hydrogen) atoms. The van der Waals surface area contributed by atoms with Crippen LogP contribution in [0, 0.1) is 0 Å². The predicted molar refractivity (Wildman–Crippen MR) is 96.0 cm³/mol. The fourth-order valence-corrected chi connectivity index (χ4v) is 3.14. The van der Waals surface area contributed by atoms with Crippen LogP contribution < -0.4 is 10.6 Å². The summed E-state index contributed by atoms with van der Waals surface area (Å²) in [5.41, 5.74) is 2.53. The van der Waals surface area contributed by atoms with E-state index in [-0.39, 0.29) is 17.7 Å². The van der Waals surface area contributed by atoms with Gasteiger partial charge in [-0.15, -0.1) is 0 Å². The summed E-state index contributed by atoms with van der Waals surface area (Å²) in [6.07, 6.45) is 3.28. The number of halogens is 1. The fourth-order valence-electron chi connectivity index (χ4n) is 2.80. The number of aryl methyl sites for hydroxylation is 1. The minimum absolute atomic E-state index is 0.0552. The Bertz CT molecular complexity index is 738. The SMILES string of the molecule is CCCc1c(Cl)c(C(=O)Nc2ccc([C@@H]3CNCCO3)nc2)nn1C. The third-order valence-corrected chi connectivity index (χ3v) is 4.50. The Morgan fingerprint density at radius 2 is 2.36 bits per heavy atom. The molecule has 0 radical (unpaired) electrons. The molecule has 1 atom stereocenters. The standard InChI is InChI=1S/C17H22ClN5O2/c1-3-4-13-15(18)16(22-23(13)2)17(24)21-11-5-6-12(20-9-11)14-10-19-7-8-25-14/h5-6,9,14,19H,3-4,7-8,10H2,1-2H3,(H,21,24)/t14-/m0/s1. The maximum atomic E-state index is 12.5. The Morgan fingerprint density at radius 1 is 1.52 bits per heavy atom. The molecule has 2 aromatic rings. The van der Waals surface area contributed by atoms with Crippen LogP contribution in [0.3, 0.4) is 0 Å². The second kappa shape index (κ2) is 7.95. The summed E-state index contributed by atoms with van der Waals surface area (Å²) in [5.74, 6) is -0.340. The number of rotatable bonds is 5. The summed E-state index contributed by atoms with van der Waals surface area (Å²) in [7, 11) is 1.79. The summed E-state index contributed by atoms with van der Waals surface area (Å²) >= 11 is 6.31. The highest BCUT2D eigenvalue weighted by atomic mass is 35.5. The van der Waals surface area contributed by atoms with Crippen LogP contribution in [0.5, 0.6) is 0 Å². The minimum atomic E-state index is -0.340. The van der Waals surface area contributed by atoms with Gasteiger partial charge in [0.05, 0.1) is 34.9 Å². The quantitative estimate of drug-likeness (QED) is 0.852. The maximum Gasteiger partial charge on any atom is 0.277 e. The molecule has 1 amide bonds. The molecule has 2 aromatic heterocycles. The molecule has 0 bridgehead atoms. The van der Waals surface area contributed by atoms with E-state index in [0.29, 0.717) is 17.3 Å². The lowest BCUT2D eigenvalue weighted by molar-refractivity contribution is 0.0250. The Kier molecular flexibility index (Phi) is 5.67. The van der Waals surface area contributed by atoms with E-state index in [1.165, 1.54) is 0 Å². The summed E-state index contributed by atoms with van der Waals surface area (Å²) < 4.78 is 7.33. The third-order valence-electron chi connectivity index (χ3n) is 4.11. The number of morpholine rings is 1. The molecule has 134 valence electrons. The number of carbonyl (C=O) groups excluding carboxylic acids is 1. The number of pyridine rings is 1. The maximum absolute atomic E-state index is 12.5. The fraction of sp³-hybridized carbons (Fsp3) is 0.471. The average Bonchev–Trinajstić information content (AvgIpc) is 2.92. The van der Waals surface area contributed by atoms with Crippen LogP contribution in [0.15, 0.2) is 18.3 Å². The van der Waals surface area contributed by atoms with Gasteiger partial charge in [-0.3, -0.25) is 14.5 Å². The van der Waals surface area contributed by atoms with Crippen molar-refractivity contribution in [3.05, 3.63) is 40.4 Å². The van der Waals surface area contributed by atoms with Gasteiger partial charge in [0.2, 0.25) is 0 Å². The van der Waals surface area contributed by atoms with Crippen molar-refractivity contribution in [3.63, 3.8) is 0 Å². The van der Waals surface area contributed by atoms with Crippen LogP contribution in [0.25, 0.3) is 0 Å². The van der Waals surface area contributed by atoms with Gasteiger partial charge in [-0.2, -0.15) is 5.10 Å². The summed E-state index contributed by atoms with van der Waals surface area (Å²) in [6, 6.07) is 3.66. The van der Waals surface area contributed by atoms with Crippen molar-refractivity contribution in [1.82, 2.24) is 20.1 Å². The van der Waals surface area contributed by atoms with Crippen molar-refractivity contribution < 1.29 is 9.53 Å². The monoisotopic (exact) mass is 363 g/mol. The van der Waals surface area contributed by atoms with E-state index in [1.54, 1.807) is 17.9 Å². The lowest BCUT2D eigenvalue weighted by Gasteiger charge is -2.23. The zero-order valence-electron chi connectivity index (χ0n) is 14.4. The number of carbonyl (C=O) groups is 1. The molecule has 3 rings (SSSR count). The van der Waals surface area contributed by atoms with Gasteiger partial charge >= 0.3 is 0 Å². The first-order valence-electron chi connectivity index (χ1n) is 8.41. The highest BCUT2D eigenvalue weighted by molar-refractivity contribution is 6.34. The molecular weight excluding hydrogens is 342 g/mol. The number of hydrogen-bond donors (Lipinski definition) is 2. The molecule has 2 N–H and O–H groups in total. The molecule has 1 fully saturated rings. The van der Waals surface area contributed by atoms with Gasteiger partial charge < -0.3 is 15.4 Å². The Labute approximate surface area is 151 Å². The number of amides is 1. The molecule has 3 heterocycles. The van der Waals surface area contributed by atoms with Crippen molar-refractivity contribution in [2.45, 2.75) is 25.9 Å². The van der Waals surface area contributed by atoms with E-state index in [4.69, 9.17) is 16.3 Å². The van der Waals surface area contributed by atoms with Gasteiger partial charge in [-0.1, -0.05) is 24.9 Å². The van der Waals surface area contributed by atoms with Crippen molar-refractivity contribution in [1.29, 1.82) is 0 Å². The number of ether oxygens (including phenoxy) is 1. The first-order chi connectivity index (χ1) is 12.1. The van der Waals surface area contributed by atoms with Gasteiger partial charge in [0.25, 0.3) is 5.91 Å². The minimum Gasteiger partial charge on any atom is -0.369 e. The molecule has 7 nitrogen and oxygen atoms in total. The number of nitrogens with one attached hydrogen (secondary N) is 2. The first kappa shape index (κ1) is 17.8. The molecule has 0 aromatic carbocycles. The molecule has 0 aliphatic carbocycles. The van der Waals surface area contributed by atoms with E-state index in [9.17, 15) is 4.79 Å². The second-order valence-corrected chi connectivity index (χ2v) is 6.35. The summed E-state index contributed by atoms with van der Waals surface area (Å²) in [4.78, 5) is 16.8. The summed E-state index contributed by atoms with van der Waals surface area (Å²) in [6.45, 7) is 4.32. The largest absolute Gasteiger partial charge is 0.369 e. The van der Waals surface area contributed by atoms with Crippen molar-refractivity contribution in [3.8, 4) is 0 Å². The normalized spacial score (nSPS) is 17.5. The van der Waals surface area contributed by atoms with Crippen LogP contribution in [-0.2, 0) is 18.2 Å². The lowest BCUT2D eigenvalue weighted by Crippen LogP contribution is -2.33. The molecule has 0 saturated carbocycles. The van der Waals surface area contributed by atoms with Gasteiger partial charge in [0.1, 0.15) is 6.10 Å². The van der Waals surface area contributed by atoms with E-state index in [0.717, 1.165) is 37.3 Å². The summed E-state index contributed by atoms with van der Waals surface area (Å²) in [5, 5.41) is 10.7.